The summed E-state index contributed by atoms with van der Waals surface area (Å²) in [6.45, 7) is 8.10. The van der Waals surface area contributed by atoms with E-state index in [1.165, 1.54) is 5.57 Å². The van der Waals surface area contributed by atoms with Gasteiger partial charge < -0.3 is 19.5 Å². The van der Waals surface area contributed by atoms with Crippen LogP contribution >= 0.6 is 34.8 Å². The van der Waals surface area contributed by atoms with Crippen molar-refractivity contribution in [3.63, 3.8) is 0 Å². The summed E-state index contributed by atoms with van der Waals surface area (Å²) in [5.41, 5.74) is 4.46. The number of Topliss-reactive ketones (excluding diaryl/α,β-unsaturated/α-hetero) is 1. The van der Waals surface area contributed by atoms with Gasteiger partial charge in [0.25, 0.3) is 5.91 Å². The molecule has 0 bridgehead atoms. The molecule has 0 aliphatic carbocycles. The van der Waals surface area contributed by atoms with Gasteiger partial charge in [0, 0.05) is 54.3 Å². The molecule has 0 saturated carbocycles. The van der Waals surface area contributed by atoms with Crippen LogP contribution in [-0.2, 0) is 13.1 Å². The van der Waals surface area contributed by atoms with E-state index in [2.05, 4.69) is 27.9 Å². The molecule has 1 aliphatic heterocycles. The molecule has 0 fully saturated rings. The van der Waals surface area contributed by atoms with Crippen LogP contribution in [0.3, 0.4) is 0 Å². The lowest BCUT2D eigenvalue weighted by Gasteiger charge is -2.26. The van der Waals surface area contributed by atoms with E-state index in [1.807, 2.05) is 44.3 Å². The third kappa shape index (κ3) is 8.47. The van der Waals surface area contributed by atoms with Gasteiger partial charge in [0.15, 0.2) is 5.78 Å². The van der Waals surface area contributed by atoms with Crippen LogP contribution in [0.1, 0.15) is 79.2 Å². The first-order valence-corrected chi connectivity index (χ1v) is 16.9. The van der Waals surface area contributed by atoms with Gasteiger partial charge in [-0.15, -0.1) is 0 Å². The molecule has 0 unspecified atom stereocenters. The largest absolute Gasteiger partial charge is 0.489 e. The molecule has 1 aliphatic rings. The molecule has 5 rings (SSSR count). The molecule has 1 N–H and O–H groups in total. The fraction of sp³-hybridized carbons (Fsp3) is 0.351. The quantitative estimate of drug-likeness (QED) is 0.135. The summed E-state index contributed by atoms with van der Waals surface area (Å²) in [5.74, 6) is 0.751. The van der Waals surface area contributed by atoms with Crippen LogP contribution < -0.4 is 10.1 Å². The van der Waals surface area contributed by atoms with Crippen molar-refractivity contribution >= 4 is 57.4 Å². The fourth-order valence-corrected chi connectivity index (χ4v) is 6.55. The number of aromatic nitrogens is 1. The number of hydrogen-bond donors (Lipinski definition) is 1. The van der Waals surface area contributed by atoms with Crippen LogP contribution in [0, 0.1) is 0 Å². The minimum absolute atomic E-state index is 0.00840. The Hall–Kier alpha value is -3.45. The van der Waals surface area contributed by atoms with Crippen molar-refractivity contribution in [2.75, 3.05) is 6.54 Å². The number of aryl methyl sites for hydroxylation is 1. The maximum Gasteiger partial charge on any atom is 0.253 e. The molecule has 2 heterocycles. The van der Waals surface area contributed by atoms with E-state index < -0.39 is 0 Å². The van der Waals surface area contributed by atoms with Gasteiger partial charge in [-0.3, -0.25) is 9.59 Å². The summed E-state index contributed by atoms with van der Waals surface area (Å²) in [4.78, 5) is 28.6. The van der Waals surface area contributed by atoms with Crippen LogP contribution in [0.15, 0.2) is 78.6 Å². The standard InChI is InChI=1S/C37H40Cl3N3O3/c1-24(2)46-35-10-5-8-30-31(37(45)41-21-26-11-16-32(39)33(40)20-26)23-43(36(30)35)18-6-17-42-22-25(3)19-29(42)7-4-9-34(44)27-12-14-28(38)15-13-27/h5,8,10-16,20,22-24,29H,4,6-7,9,17-19,21H2,1-3H3,(H,41,45)/t29-/m0/s1. The smallest absolute Gasteiger partial charge is 0.253 e. The Bertz CT molecular complexity index is 1730. The van der Waals surface area contributed by atoms with Crippen molar-refractivity contribution < 1.29 is 14.3 Å². The van der Waals surface area contributed by atoms with Crippen molar-refractivity contribution in [2.45, 2.75) is 78.1 Å². The van der Waals surface area contributed by atoms with Crippen molar-refractivity contribution in [1.29, 1.82) is 0 Å². The summed E-state index contributed by atoms with van der Waals surface area (Å²) in [7, 11) is 0. The molecule has 3 aromatic carbocycles. The number of carbonyl (C=O) groups is 2. The highest BCUT2D eigenvalue weighted by molar-refractivity contribution is 6.42. The van der Waals surface area contributed by atoms with Crippen LogP contribution in [0.4, 0.5) is 0 Å². The summed E-state index contributed by atoms with van der Waals surface area (Å²) < 4.78 is 8.34. The van der Waals surface area contributed by atoms with Crippen LogP contribution in [-0.4, -0.2) is 39.8 Å². The first-order valence-electron chi connectivity index (χ1n) is 15.8. The molecule has 46 heavy (non-hydrogen) atoms. The monoisotopic (exact) mass is 679 g/mol. The summed E-state index contributed by atoms with van der Waals surface area (Å²) in [6, 6.07) is 18.7. The van der Waals surface area contributed by atoms with E-state index in [4.69, 9.17) is 39.5 Å². The number of rotatable bonds is 14. The van der Waals surface area contributed by atoms with Gasteiger partial charge >= 0.3 is 0 Å². The van der Waals surface area contributed by atoms with Crippen LogP contribution in [0.5, 0.6) is 5.75 Å². The van der Waals surface area contributed by atoms with Gasteiger partial charge in [-0.1, -0.05) is 58.6 Å². The lowest BCUT2D eigenvalue weighted by Crippen LogP contribution is -2.28. The number of fused-ring (bicyclic) bond motifs is 1. The second-order valence-electron chi connectivity index (χ2n) is 12.2. The van der Waals surface area contributed by atoms with Crippen molar-refractivity contribution in [3.05, 3.63) is 110 Å². The van der Waals surface area contributed by atoms with Gasteiger partial charge in [0.05, 0.1) is 27.2 Å². The molecular weight excluding hydrogens is 641 g/mol. The predicted molar refractivity (Wildman–Crippen MR) is 188 cm³/mol. The number of halogens is 3. The number of ether oxygens (including phenoxy) is 1. The van der Waals surface area contributed by atoms with E-state index in [0.29, 0.717) is 45.2 Å². The lowest BCUT2D eigenvalue weighted by molar-refractivity contribution is 0.0950. The number of nitrogens with one attached hydrogen (secondary N) is 1. The van der Waals surface area contributed by atoms with E-state index in [0.717, 1.165) is 61.0 Å². The summed E-state index contributed by atoms with van der Waals surface area (Å²) in [6.07, 6.45) is 8.39. The Morgan fingerprint density at radius 2 is 1.76 bits per heavy atom. The van der Waals surface area contributed by atoms with Crippen LogP contribution in [0.2, 0.25) is 15.1 Å². The SMILES string of the molecule is CC1=CN(CCCn2cc(C(=O)NCc3ccc(Cl)c(Cl)c3)c3cccc(OC(C)C)c32)[C@@H](CCCC(=O)c2ccc(Cl)cc2)C1. The predicted octanol–water partition coefficient (Wildman–Crippen LogP) is 9.74. The molecule has 1 atom stereocenters. The van der Waals surface area contributed by atoms with Crippen LogP contribution in [0.25, 0.3) is 10.9 Å². The minimum Gasteiger partial charge on any atom is -0.489 e. The minimum atomic E-state index is -0.164. The molecule has 1 aromatic heterocycles. The summed E-state index contributed by atoms with van der Waals surface area (Å²) in [5, 5.41) is 5.46. The normalized spacial score (nSPS) is 14.6. The number of ketones is 1. The Balaban J connectivity index is 1.24. The number of carbonyl (C=O) groups excluding carboxylic acids is 2. The fourth-order valence-electron chi connectivity index (χ4n) is 6.11. The van der Waals surface area contributed by atoms with Gasteiger partial charge in [-0.2, -0.15) is 0 Å². The summed E-state index contributed by atoms with van der Waals surface area (Å²) >= 11 is 18.2. The van der Waals surface area contributed by atoms with Gasteiger partial charge in [0.2, 0.25) is 0 Å². The highest BCUT2D eigenvalue weighted by atomic mass is 35.5. The highest BCUT2D eigenvalue weighted by Crippen LogP contribution is 2.32. The Morgan fingerprint density at radius 1 is 0.978 bits per heavy atom. The average Bonchev–Trinajstić information content (AvgIpc) is 3.57. The number of hydrogen-bond acceptors (Lipinski definition) is 4. The Kier molecular flexibility index (Phi) is 11.4. The zero-order valence-electron chi connectivity index (χ0n) is 26.5. The molecule has 0 spiro atoms. The number of benzene rings is 3. The number of nitrogens with zero attached hydrogens (tertiary/aromatic N) is 2. The maximum atomic E-state index is 13.5. The molecule has 6 nitrogen and oxygen atoms in total. The van der Waals surface area contributed by atoms with Crippen molar-refractivity contribution in [3.8, 4) is 5.75 Å². The molecule has 0 saturated heterocycles. The van der Waals surface area contributed by atoms with E-state index >= 15 is 0 Å². The molecule has 242 valence electrons. The van der Waals surface area contributed by atoms with Crippen molar-refractivity contribution in [2.24, 2.45) is 0 Å². The third-order valence-electron chi connectivity index (χ3n) is 8.24. The Labute approximate surface area is 286 Å². The highest BCUT2D eigenvalue weighted by Gasteiger charge is 2.23. The first-order chi connectivity index (χ1) is 22.1. The topological polar surface area (TPSA) is 63.6 Å². The second kappa shape index (κ2) is 15.4. The van der Waals surface area contributed by atoms with E-state index in [1.54, 1.807) is 36.4 Å². The van der Waals surface area contributed by atoms with E-state index in [-0.39, 0.29) is 17.8 Å². The van der Waals surface area contributed by atoms with E-state index in [9.17, 15) is 9.59 Å². The number of para-hydroxylation sites is 1. The Morgan fingerprint density at radius 3 is 2.50 bits per heavy atom. The number of amides is 1. The molecule has 4 aromatic rings. The molecule has 1 amide bonds. The zero-order chi connectivity index (χ0) is 32.8. The first kappa shape index (κ1) is 33.9. The average molecular weight is 681 g/mol. The zero-order valence-corrected chi connectivity index (χ0v) is 28.8. The van der Waals surface area contributed by atoms with Gasteiger partial charge in [-0.05, 0) is 101 Å². The van der Waals surface area contributed by atoms with Gasteiger partial charge in [-0.25, -0.2) is 0 Å². The molecule has 9 heteroatoms. The lowest BCUT2D eigenvalue weighted by atomic mass is 10.0. The third-order valence-corrected chi connectivity index (χ3v) is 9.23. The second-order valence-corrected chi connectivity index (χ2v) is 13.5. The van der Waals surface area contributed by atoms with Gasteiger partial charge in [0.1, 0.15) is 5.75 Å². The van der Waals surface area contributed by atoms with Crippen molar-refractivity contribution in [1.82, 2.24) is 14.8 Å². The maximum absolute atomic E-state index is 13.5. The molecule has 0 radical (unpaired) electrons. The molecular formula is C37H40Cl3N3O3.